The first-order valence-corrected chi connectivity index (χ1v) is 10.6. The van der Waals surface area contributed by atoms with Crippen molar-refractivity contribution >= 4 is 21.6 Å². The number of rotatable bonds is 4. The van der Waals surface area contributed by atoms with E-state index in [1.165, 1.54) is 28.9 Å². The number of halogens is 3. The third-order valence-electron chi connectivity index (χ3n) is 4.46. The third-order valence-corrected chi connectivity index (χ3v) is 5.67. The number of nitrogens with two attached hydrogens (primary N) is 1. The summed E-state index contributed by atoms with van der Waals surface area (Å²) in [5.74, 6) is -1.54. The number of aromatic nitrogens is 2. The lowest BCUT2D eigenvalue weighted by Gasteiger charge is -2.12. The highest BCUT2D eigenvalue weighted by atomic mass is 35.5. The Morgan fingerprint density at radius 1 is 0.933 bits per heavy atom. The minimum atomic E-state index is -4.09. The second-order valence-electron chi connectivity index (χ2n) is 6.47. The van der Waals surface area contributed by atoms with Crippen LogP contribution in [0, 0.1) is 11.6 Å². The molecule has 0 bridgehead atoms. The molecule has 0 unspecified atom stereocenters. The monoisotopic (exact) mass is 445 g/mol. The predicted octanol–water partition coefficient (Wildman–Crippen LogP) is 4.79. The topological polar surface area (TPSA) is 78.0 Å². The molecule has 4 rings (SSSR count). The fourth-order valence-electron chi connectivity index (χ4n) is 3.09. The minimum Gasteiger partial charge on any atom is -0.231 e. The van der Waals surface area contributed by atoms with Crippen LogP contribution in [0.4, 0.5) is 8.78 Å². The van der Waals surface area contributed by atoms with E-state index in [0.29, 0.717) is 16.3 Å². The lowest BCUT2D eigenvalue weighted by Crippen LogP contribution is -2.16. The van der Waals surface area contributed by atoms with Gasteiger partial charge in [0.15, 0.2) is 0 Å². The van der Waals surface area contributed by atoms with E-state index in [2.05, 4.69) is 5.10 Å². The molecule has 5 nitrogen and oxygen atoms in total. The predicted molar refractivity (Wildman–Crippen MR) is 111 cm³/mol. The summed E-state index contributed by atoms with van der Waals surface area (Å²) >= 11 is 5.94. The second-order valence-corrected chi connectivity index (χ2v) is 8.44. The molecule has 0 radical (unpaired) electrons. The number of sulfonamides is 1. The van der Waals surface area contributed by atoms with E-state index in [9.17, 15) is 17.2 Å². The maximum absolute atomic E-state index is 14.6. The smallest absolute Gasteiger partial charge is 0.231 e. The van der Waals surface area contributed by atoms with E-state index < -0.39 is 21.7 Å². The fourth-order valence-corrected chi connectivity index (χ4v) is 3.93. The summed E-state index contributed by atoms with van der Waals surface area (Å²) in [4.78, 5) is -0.181. The maximum Gasteiger partial charge on any atom is 0.240 e. The largest absolute Gasteiger partial charge is 0.240 e. The molecule has 9 heteroatoms. The van der Waals surface area contributed by atoms with Crippen molar-refractivity contribution in [1.82, 2.24) is 9.78 Å². The second kappa shape index (κ2) is 7.64. The van der Waals surface area contributed by atoms with E-state index in [4.69, 9.17) is 16.7 Å². The third kappa shape index (κ3) is 3.85. The molecule has 0 saturated heterocycles. The Morgan fingerprint density at radius 3 is 2.30 bits per heavy atom. The zero-order chi connectivity index (χ0) is 21.5. The van der Waals surface area contributed by atoms with Crippen molar-refractivity contribution in [3.05, 3.63) is 89.5 Å². The molecule has 0 spiro atoms. The number of nitrogens with zero attached hydrogens (tertiary/aromatic N) is 2. The van der Waals surface area contributed by atoms with Gasteiger partial charge in [0.05, 0.1) is 17.1 Å². The van der Waals surface area contributed by atoms with Gasteiger partial charge in [-0.05, 0) is 42.5 Å². The number of hydrogen-bond acceptors (Lipinski definition) is 3. The molecule has 1 heterocycles. The molecular formula is C21H14ClF2N3O2S. The first-order chi connectivity index (χ1) is 14.2. The van der Waals surface area contributed by atoms with Crippen LogP contribution in [0.15, 0.2) is 77.7 Å². The van der Waals surface area contributed by atoms with Crippen LogP contribution in [0.5, 0.6) is 0 Å². The van der Waals surface area contributed by atoms with Crippen LogP contribution >= 0.6 is 11.6 Å². The summed E-state index contributed by atoms with van der Waals surface area (Å²) in [5.41, 5.74) is 1.53. The standard InChI is InChI=1S/C21H14ClF2N3O2S/c22-14-7-5-13(6-8-14)18-12-20(16-10-9-15(23)11-17(16)24)27(26-18)19-3-1-2-4-21(19)30(25,28)29/h1-12H,(H2,25,28,29). The summed E-state index contributed by atoms with van der Waals surface area (Å²) in [7, 11) is -4.09. The molecular weight excluding hydrogens is 432 g/mol. The van der Waals surface area contributed by atoms with Crippen LogP contribution < -0.4 is 5.14 Å². The van der Waals surface area contributed by atoms with Crippen molar-refractivity contribution < 1.29 is 17.2 Å². The molecule has 30 heavy (non-hydrogen) atoms. The molecule has 3 aromatic carbocycles. The Kier molecular flexibility index (Phi) is 5.15. The van der Waals surface area contributed by atoms with Gasteiger partial charge in [0, 0.05) is 22.2 Å². The van der Waals surface area contributed by atoms with Crippen LogP contribution in [0.3, 0.4) is 0 Å². The first-order valence-electron chi connectivity index (χ1n) is 8.68. The number of hydrogen-bond donors (Lipinski definition) is 1. The maximum atomic E-state index is 14.6. The lowest BCUT2D eigenvalue weighted by molar-refractivity contribution is 0.584. The Balaban J connectivity index is 2.01. The minimum absolute atomic E-state index is 0.0494. The molecule has 0 saturated carbocycles. The van der Waals surface area contributed by atoms with Gasteiger partial charge in [-0.3, -0.25) is 0 Å². The number of benzene rings is 3. The normalized spacial score (nSPS) is 11.6. The van der Waals surface area contributed by atoms with Crippen LogP contribution in [-0.4, -0.2) is 18.2 Å². The molecule has 2 N–H and O–H groups in total. The van der Waals surface area contributed by atoms with Gasteiger partial charge in [0.2, 0.25) is 10.0 Å². The highest BCUT2D eigenvalue weighted by Crippen LogP contribution is 2.32. The molecule has 1 aromatic heterocycles. The van der Waals surface area contributed by atoms with Gasteiger partial charge in [-0.25, -0.2) is 27.0 Å². The zero-order valence-electron chi connectivity index (χ0n) is 15.3. The molecule has 0 atom stereocenters. The summed E-state index contributed by atoms with van der Waals surface area (Å²) < 4.78 is 53.5. The highest BCUT2D eigenvalue weighted by molar-refractivity contribution is 7.89. The molecule has 4 aromatic rings. The highest BCUT2D eigenvalue weighted by Gasteiger charge is 2.21. The average Bonchev–Trinajstić information content (AvgIpc) is 3.13. The Morgan fingerprint density at radius 2 is 1.63 bits per heavy atom. The van der Waals surface area contributed by atoms with Gasteiger partial charge in [0.1, 0.15) is 16.5 Å². The van der Waals surface area contributed by atoms with Crippen LogP contribution in [0.1, 0.15) is 0 Å². The van der Waals surface area contributed by atoms with E-state index >= 15 is 0 Å². The van der Waals surface area contributed by atoms with E-state index in [-0.39, 0.29) is 21.8 Å². The van der Waals surface area contributed by atoms with Crippen molar-refractivity contribution in [2.75, 3.05) is 0 Å². The summed E-state index contributed by atoms with van der Waals surface area (Å²) in [6.45, 7) is 0. The first kappa shape index (κ1) is 20.2. The molecule has 0 aliphatic carbocycles. The Hall–Kier alpha value is -3.07. The molecule has 0 aliphatic heterocycles. The molecule has 152 valence electrons. The number of primary sulfonamides is 1. The van der Waals surface area contributed by atoms with Crippen molar-refractivity contribution in [1.29, 1.82) is 0 Å². The quantitative estimate of drug-likeness (QED) is 0.490. The zero-order valence-corrected chi connectivity index (χ0v) is 16.8. The molecule has 0 amide bonds. The average molecular weight is 446 g/mol. The summed E-state index contributed by atoms with van der Waals surface area (Å²) in [6, 6.07) is 17.5. The van der Waals surface area contributed by atoms with Gasteiger partial charge in [-0.2, -0.15) is 5.10 Å². The van der Waals surface area contributed by atoms with Crippen LogP contribution in [-0.2, 0) is 10.0 Å². The Bertz CT molecular complexity index is 1350. The van der Waals surface area contributed by atoms with Crippen molar-refractivity contribution in [2.24, 2.45) is 5.14 Å². The Labute approximate surface area is 176 Å². The van der Waals surface area contributed by atoms with E-state index in [1.807, 2.05) is 0 Å². The van der Waals surface area contributed by atoms with Crippen LogP contribution in [0.2, 0.25) is 5.02 Å². The van der Waals surface area contributed by atoms with Gasteiger partial charge in [0.25, 0.3) is 0 Å². The summed E-state index contributed by atoms with van der Waals surface area (Å²) in [5, 5.41) is 10.4. The van der Waals surface area contributed by atoms with E-state index in [0.717, 1.165) is 12.1 Å². The lowest BCUT2D eigenvalue weighted by atomic mass is 10.1. The summed E-state index contributed by atoms with van der Waals surface area (Å²) in [6.07, 6.45) is 0. The van der Waals surface area contributed by atoms with Gasteiger partial charge >= 0.3 is 0 Å². The van der Waals surface area contributed by atoms with Crippen molar-refractivity contribution in [2.45, 2.75) is 4.90 Å². The molecule has 0 fully saturated rings. The van der Waals surface area contributed by atoms with Crippen molar-refractivity contribution in [3.63, 3.8) is 0 Å². The van der Waals surface area contributed by atoms with Gasteiger partial charge < -0.3 is 0 Å². The van der Waals surface area contributed by atoms with Crippen LogP contribution in [0.25, 0.3) is 28.2 Å². The molecule has 0 aliphatic rings. The van der Waals surface area contributed by atoms with Crippen molar-refractivity contribution in [3.8, 4) is 28.2 Å². The van der Waals surface area contributed by atoms with Gasteiger partial charge in [-0.15, -0.1) is 0 Å². The number of para-hydroxylation sites is 1. The van der Waals surface area contributed by atoms with Gasteiger partial charge in [-0.1, -0.05) is 35.9 Å². The SMILES string of the molecule is NS(=O)(=O)c1ccccc1-n1nc(-c2ccc(Cl)cc2)cc1-c1ccc(F)cc1F. The van der Waals surface area contributed by atoms with E-state index in [1.54, 1.807) is 36.4 Å². The fraction of sp³-hybridized carbons (Fsp3) is 0.